The lowest BCUT2D eigenvalue weighted by Gasteiger charge is -2.07. The Hall–Kier alpha value is -2.20. The van der Waals surface area contributed by atoms with Gasteiger partial charge in [0.15, 0.2) is 11.6 Å². The Morgan fingerprint density at radius 3 is 2.65 bits per heavy atom. The van der Waals surface area contributed by atoms with Gasteiger partial charge in [-0.05, 0) is 10.8 Å². The van der Waals surface area contributed by atoms with E-state index < -0.39 is 11.9 Å². The molecule has 1 aromatic rings. The lowest BCUT2D eigenvalue weighted by molar-refractivity contribution is -0.134. The Labute approximate surface area is 121 Å². The minimum atomic E-state index is -1.33. The van der Waals surface area contributed by atoms with Crippen LogP contribution in [0.15, 0.2) is 27.0 Å². The number of thioether (sulfide) groups is 2. The fraction of sp³-hybridized carbons (Fsp3) is 0. The summed E-state index contributed by atoms with van der Waals surface area (Å²) >= 11 is 2.31. The molecule has 1 aliphatic rings. The lowest BCUT2D eigenvalue weighted by Crippen LogP contribution is -2.21. The molecular weight excluding hydrogens is 304 g/mol. The van der Waals surface area contributed by atoms with Gasteiger partial charge in [-0.25, -0.2) is 9.78 Å². The smallest absolute Gasteiger partial charge is 0.343 e. The van der Waals surface area contributed by atoms with Gasteiger partial charge in [0.2, 0.25) is 6.41 Å². The molecule has 20 heavy (non-hydrogen) atoms. The normalized spacial score (nSPS) is 13.1. The number of carboxylic acid groups (broad SMARTS) is 1. The van der Waals surface area contributed by atoms with E-state index >= 15 is 0 Å². The van der Waals surface area contributed by atoms with Gasteiger partial charge in [-0.3, -0.25) is 9.59 Å². The van der Waals surface area contributed by atoms with Gasteiger partial charge in [-0.1, -0.05) is 23.5 Å². The van der Waals surface area contributed by atoms with Gasteiger partial charge in [0.25, 0.3) is 5.91 Å². The van der Waals surface area contributed by atoms with Crippen molar-refractivity contribution >= 4 is 53.4 Å². The van der Waals surface area contributed by atoms with Gasteiger partial charge in [0, 0.05) is 0 Å². The van der Waals surface area contributed by atoms with Gasteiger partial charge < -0.3 is 20.7 Å². The summed E-state index contributed by atoms with van der Waals surface area (Å²) in [5.74, 6) is -1.91. The number of anilines is 2. The molecule has 4 N–H and O–H groups in total. The number of aliphatic carboxylic acids is 1. The summed E-state index contributed by atoms with van der Waals surface area (Å²) in [4.78, 5) is 39.9. The van der Waals surface area contributed by atoms with Crippen molar-refractivity contribution in [2.75, 3.05) is 10.6 Å². The summed E-state index contributed by atoms with van der Waals surface area (Å²) < 4.78 is 0.374. The number of nitrogens with zero attached hydrogens (tertiary/aromatic N) is 1. The number of amides is 2. The molecular formula is C10H8N4O4S2. The summed E-state index contributed by atoms with van der Waals surface area (Å²) in [5.41, 5.74) is -0.364. The van der Waals surface area contributed by atoms with E-state index in [1.165, 1.54) is 6.33 Å². The third kappa shape index (κ3) is 3.03. The highest BCUT2D eigenvalue weighted by molar-refractivity contribution is 8.27. The van der Waals surface area contributed by atoms with E-state index in [2.05, 4.69) is 20.6 Å². The number of aromatic nitrogens is 2. The second kappa shape index (κ2) is 6.30. The van der Waals surface area contributed by atoms with Crippen molar-refractivity contribution in [1.29, 1.82) is 0 Å². The first-order valence-corrected chi connectivity index (χ1v) is 6.90. The zero-order chi connectivity index (χ0) is 14.5. The first-order valence-electron chi connectivity index (χ1n) is 5.14. The zero-order valence-electron chi connectivity index (χ0n) is 9.75. The number of carboxylic acids is 1. The first kappa shape index (κ1) is 14.2. The quantitative estimate of drug-likeness (QED) is 0.278. The molecule has 0 fully saturated rings. The van der Waals surface area contributed by atoms with Crippen LogP contribution < -0.4 is 10.6 Å². The number of imidazole rings is 1. The second-order valence-electron chi connectivity index (χ2n) is 3.32. The molecule has 2 amide bonds. The largest absolute Gasteiger partial charge is 0.477 e. The van der Waals surface area contributed by atoms with Crippen LogP contribution in [0.5, 0.6) is 0 Å². The van der Waals surface area contributed by atoms with Crippen LogP contribution in [0.3, 0.4) is 0 Å². The van der Waals surface area contributed by atoms with Gasteiger partial charge in [-0.15, -0.1) is 0 Å². The Morgan fingerprint density at radius 2 is 2.05 bits per heavy atom. The number of carbonyl (C=O) groups excluding carboxylic acids is 2. The summed E-state index contributed by atoms with van der Waals surface area (Å²) in [6.07, 6.45) is 1.66. The molecule has 0 radical (unpaired) electrons. The van der Waals surface area contributed by atoms with E-state index in [0.29, 0.717) is 10.6 Å². The molecule has 2 heterocycles. The fourth-order valence-electron chi connectivity index (χ4n) is 1.33. The van der Waals surface area contributed by atoms with Gasteiger partial charge in [-0.2, -0.15) is 0 Å². The number of nitrogens with one attached hydrogen (secondary N) is 3. The summed E-state index contributed by atoms with van der Waals surface area (Å²) in [5, 5.41) is 17.1. The molecule has 104 valence electrons. The molecule has 0 unspecified atom stereocenters. The average molecular weight is 312 g/mol. The molecule has 0 bridgehead atoms. The van der Waals surface area contributed by atoms with Gasteiger partial charge in [0.1, 0.15) is 5.57 Å². The van der Waals surface area contributed by atoms with E-state index in [0.717, 1.165) is 23.5 Å². The maximum absolute atomic E-state index is 12.0. The predicted octanol–water partition coefficient (Wildman–Crippen LogP) is 1.16. The Bertz CT molecular complexity index is 613. The van der Waals surface area contributed by atoms with Crippen LogP contribution in [0.25, 0.3) is 0 Å². The highest BCUT2D eigenvalue weighted by Gasteiger charge is 2.25. The summed E-state index contributed by atoms with van der Waals surface area (Å²) in [6.45, 7) is 0. The predicted molar refractivity (Wildman–Crippen MR) is 75.9 cm³/mol. The number of aromatic amines is 1. The number of carbonyl (C=O) groups is 3. The first-order chi connectivity index (χ1) is 9.63. The van der Waals surface area contributed by atoms with Crippen LogP contribution in [0.4, 0.5) is 11.6 Å². The SMILES string of the molecule is O=CNc1nc[nH]c1NC(=O)C(C(=O)O)=C1SC=CS1. The van der Waals surface area contributed by atoms with E-state index in [1.807, 2.05) is 0 Å². The van der Waals surface area contributed by atoms with Crippen LogP contribution in [0, 0.1) is 0 Å². The summed E-state index contributed by atoms with van der Waals surface area (Å²) in [7, 11) is 0. The maximum Gasteiger partial charge on any atom is 0.343 e. The van der Waals surface area contributed by atoms with Crippen LogP contribution >= 0.6 is 23.5 Å². The van der Waals surface area contributed by atoms with Crippen LogP contribution in [-0.2, 0) is 14.4 Å². The minimum Gasteiger partial charge on any atom is -0.477 e. The third-order valence-electron chi connectivity index (χ3n) is 2.12. The Morgan fingerprint density at radius 1 is 1.35 bits per heavy atom. The van der Waals surface area contributed by atoms with Crippen molar-refractivity contribution in [3.63, 3.8) is 0 Å². The second-order valence-corrected chi connectivity index (χ2v) is 5.41. The lowest BCUT2D eigenvalue weighted by atomic mass is 10.3. The molecule has 8 nitrogen and oxygen atoms in total. The number of hydrogen-bond donors (Lipinski definition) is 4. The molecule has 1 aliphatic heterocycles. The maximum atomic E-state index is 12.0. The molecule has 10 heteroatoms. The van der Waals surface area contributed by atoms with Gasteiger partial charge in [0.05, 0.1) is 10.6 Å². The van der Waals surface area contributed by atoms with Crippen molar-refractivity contribution in [2.45, 2.75) is 0 Å². The standard InChI is InChI=1S/C10H8N4O4S2/c15-4-13-6-7(12-3-11-6)14-8(16)5(9(17)18)10-19-1-2-20-10/h1-4H,(H,11,12)(H,13,15)(H,14,16)(H,17,18). The number of H-pyrrole nitrogens is 1. The highest BCUT2D eigenvalue weighted by atomic mass is 32.2. The van der Waals surface area contributed by atoms with E-state index in [1.54, 1.807) is 10.8 Å². The highest BCUT2D eigenvalue weighted by Crippen LogP contribution is 2.40. The molecule has 1 aromatic heterocycles. The molecule has 2 rings (SSSR count). The molecule has 0 spiro atoms. The van der Waals surface area contributed by atoms with Crippen molar-refractivity contribution in [1.82, 2.24) is 9.97 Å². The average Bonchev–Trinajstić information content (AvgIpc) is 3.02. The number of rotatable bonds is 5. The molecule has 0 saturated carbocycles. The minimum absolute atomic E-state index is 0.105. The monoisotopic (exact) mass is 312 g/mol. The molecule has 0 aliphatic carbocycles. The van der Waals surface area contributed by atoms with Crippen LogP contribution in [-0.4, -0.2) is 33.4 Å². The summed E-state index contributed by atoms with van der Waals surface area (Å²) in [6, 6.07) is 0. The Kier molecular flexibility index (Phi) is 4.48. The van der Waals surface area contributed by atoms with Crippen molar-refractivity contribution < 1.29 is 19.5 Å². The van der Waals surface area contributed by atoms with Gasteiger partial charge >= 0.3 is 5.97 Å². The van der Waals surface area contributed by atoms with Crippen molar-refractivity contribution in [2.24, 2.45) is 0 Å². The van der Waals surface area contributed by atoms with Crippen LogP contribution in [0.2, 0.25) is 0 Å². The van der Waals surface area contributed by atoms with Crippen molar-refractivity contribution in [3.05, 3.63) is 27.0 Å². The van der Waals surface area contributed by atoms with Crippen LogP contribution in [0.1, 0.15) is 0 Å². The molecule has 0 atom stereocenters. The van der Waals surface area contributed by atoms with E-state index in [4.69, 9.17) is 5.11 Å². The zero-order valence-corrected chi connectivity index (χ0v) is 11.4. The fourth-order valence-corrected chi connectivity index (χ4v) is 3.18. The molecule has 0 saturated heterocycles. The topological polar surface area (TPSA) is 124 Å². The molecule has 0 aromatic carbocycles. The van der Waals surface area contributed by atoms with Crippen molar-refractivity contribution in [3.8, 4) is 0 Å². The third-order valence-corrected chi connectivity index (χ3v) is 4.25. The van der Waals surface area contributed by atoms with E-state index in [9.17, 15) is 14.4 Å². The number of hydrogen-bond acceptors (Lipinski definition) is 6. The van der Waals surface area contributed by atoms with E-state index in [-0.39, 0.29) is 17.2 Å². The Balaban J connectivity index is 2.21.